The Morgan fingerprint density at radius 1 is 1.33 bits per heavy atom. The Balaban J connectivity index is 3.08. The van der Waals surface area contributed by atoms with Crippen molar-refractivity contribution in [3.8, 4) is 0 Å². The van der Waals surface area contributed by atoms with Crippen LogP contribution in [0.3, 0.4) is 0 Å². The summed E-state index contributed by atoms with van der Waals surface area (Å²) in [5.41, 5.74) is 0.200. The lowest BCUT2D eigenvalue weighted by Gasteiger charge is -2.21. The number of rotatable bonds is 4. The molecule has 0 spiro atoms. The molecule has 1 heterocycles. The Hall–Kier alpha value is -0.710. The van der Waals surface area contributed by atoms with Gasteiger partial charge in [-0.2, -0.15) is 0 Å². The third kappa shape index (κ3) is 3.12. The summed E-state index contributed by atoms with van der Waals surface area (Å²) in [6.07, 6.45) is 0. The third-order valence-corrected chi connectivity index (χ3v) is 2.28. The minimum atomic E-state index is -0.548. The smallest absolute Gasteiger partial charge is 0.161 e. The number of hydrogen-bond acceptors (Lipinski definition) is 4. The van der Waals surface area contributed by atoms with Gasteiger partial charge in [0.25, 0.3) is 0 Å². The second-order valence-electron chi connectivity index (χ2n) is 3.65. The number of aromatic nitrogens is 2. The van der Waals surface area contributed by atoms with Gasteiger partial charge < -0.3 is 9.47 Å². The van der Waals surface area contributed by atoms with Crippen LogP contribution in [0.5, 0.6) is 0 Å². The Kier molecular flexibility index (Phi) is 4.02. The van der Waals surface area contributed by atoms with Crippen molar-refractivity contribution >= 4 is 11.6 Å². The van der Waals surface area contributed by atoms with E-state index in [1.54, 1.807) is 20.3 Å². The molecule has 0 bridgehead atoms. The fourth-order valence-corrected chi connectivity index (χ4v) is 1.25. The first-order chi connectivity index (χ1) is 6.99. The molecule has 84 valence electrons. The Bertz CT molecular complexity index is 342. The molecule has 0 fully saturated rings. The summed E-state index contributed by atoms with van der Waals surface area (Å²) >= 11 is 5.89. The minimum Gasteiger partial charge on any atom is -0.378 e. The molecule has 1 aromatic heterocycles. The minimum absolute atomic E-state index is 0.400. The second-order valence-corrected chi connectivity index (χ2v) is 4.04. The molecule has 1 rings (SSSR count). The van der Waals surface area contributed by atoms with Crippen molar-refractivity contribution in [2.24, 2.45) is 0 Å². The normalized spacial score (nSPS) is 11.8. The van der Waals surface area contributed by atoms with Gasteiger partial charge in [0.2, 0.25) is 0 Å². The highest BCUT2D eigenvalue weighted by Crippen LogP contribution is 2.22. The van der Waals surface area contributed by atoms with Gasteiger partial charge in [0, 0.05) is 14.2 Å². The van der Waals surface area contributed by atoms with Crippen molar-refractivity contribution in [3.63, 3.8) is 0 Å². The van der Waals surface area contributed by atoms with Crippen LogP contribution in [0.25, 0.3) is 0 Å². The quantitative estimate of drug-likeness (QED) is 0.744. The first kappa shape index (κ1) is 12.4. The summed E-state index contributed by atoms with van der Waals surface area (Å²) in [6, 6.07) is 1.68. The van der Waals surface area contributed by atoms with E-state index in [1.807, 2.05) is 13.8 Å². The number of nitrogens with zero attached hydrogens (tertiary/aromatic N) is 2. The van der Waals surface area contributed by atoms with Crippen molar-refractivity contribution in [3.05, 3.63) is 22.7 Å². The molecule has 0 amide bonds. The molecule has 0 aromatic carbocycles. The molecule has 0 unspecified atom stereocenters. The lowest BCUT2D eigenvalue weighted by Crippen LogP contribution is -2.23. The van der Waals surface area contributed by atoms with Crippen LogP contribution in [-0.2, 0) is 21.7 Å². The van der Waals surface area contributed by atoms with Gasteiger partial charge in [-0.05, 0) is 19.9 Å². The predicted octanol–water partition coefficient (Wildman–Crippen LogP) is 2.16. The molecule has 0 aliphatic rings. The maximum absolute atomic E-state index is 5.89. The van der Waals surface area contributed by atoms with Crippen molar-refractivity contribution in [2.45, 2.75) is 26.1 Å². The molecule has 0 N–H and O–H groups in total. The molecule has 0 radical (unpaired) electrons. The van der Waals surface area contributed by atoms with Gasteiger partial charge in [0.05, 0.1) is 12.3 Å². The summed E-state index contributed by atoms with van der Waals surface area (Å²) < 4.78 is 10.3. The summed E-state index contributed by atoms with van der Waals surface area (Å²) in [6.45, 7) is 4.18. The molecular weight excluding hydrogens is 216 g/mol. The third-order valence-electron chi connectivity index (χ3n) is 2.09. The molecule has 0 atom stereocenters. The van der Waals surface area contributed by atoms with E-state index in [1.165, 1.54) is 0 Å². The van der Waals surface area contributed by atoms with Crippen LogP contribution < -0.4 is 0 Å². The SMILES string of the molecule is COCc1cc(Cl)nc(C(C)(C)OC)n1. The van der Waals surface area contributed by atoms with Gasteiger partial charge >= 0.3 is 0 Å². The van der Waals surface area contributed by atoms with E-state index in [0.717, 1.165) is 5.69 Å². The van der Waals surface area contributed by atoms with Crippen molar-refractivity contribution in [2.75, 3.05) is 14.2 Å². The van der Waals surface area contributed by atoms with E-state index in [0.29, 0.717) is 17.6 Å². The summed E-state index contributed by atoms with van der Waals surface area (Å²) in [5.74, 6) is 0.560. The summed E-state index contributed by atoms with van der Waals surface area (Å²) in [7, 11) is 3.22. The van der Waals surface area contributed by atoms with E-state index in [4.69, 9.17) is 21.1 Å². The topological polar surface area (TPSA) is 44.2 Å². The standard InChI is InChI=1S/C10H15ClN2O2/c1-10(2,15-4)9-12-7(6-14-3)5-8(11)13-9/h5H,6H2,1-4H3. The van der Waals surface area contributed by atoms with E-state index in [9.17, 15) is 0 Å². The number of ether oxygens (including phenoxy) is 2. The molecule has 0 saturated heterocycles. The molecule has 0 aliphatic carbocycles. The maximum Gasteiger partial charge on any atom is 0.161 e. The number of methoxy groups -OCH3 is 2. The number of halogens is 1. The average molecular weight is 231 g/mol. The van der Waals surface area contributed by atoms with Gasteiger partial charge in [0.15, 0.2) is 5.82 Å². The van der Waals surface area contributed by atoms with E-state index in [2.05, 4.69) is 9.97 Å². The van der Waals surface area contributed by atoms with E-state index in [-0.39, 0.29) is 0 Å². The van der Waals surface area contributed by atoms with Crippen LogP contribution in [0.1, 0.15) is 25.4 Å². The van der Waals surface area contributed by atoms with Crippen LogP contribution in [0.4, 0.5) is 0 Å². The highest BCUT2D eigenvalue weighted by molar-refractivity contribution is 6.29. The Labute approximate surface area is 94.6 Å². The van der Waals surface area contributed by atoms with Crippen molar-refractivity contribution in [1.29, 1.82) is 0 Å². The van der Waals surface area contributed by atoms with Crippen LogP contribution in [0.15, 0.2) is 6.07 Å². The monoisotopic (exact) mass is 230 g/mol. The fraction of sp³-hybridized carbons (Fsp3) is 0.600. The highest BCUT2D eigenvalue weighted by Gasteiger charge is 2.24. The molecule has 5 heteroatoms. The first-order valence-corrected chi connectivity index (χ1v) is 4.95. The zero-order chi connectivity index (χ0) is 11.5. The summed E-state index contributed by atoms with van der Waals surface area (Å²) in [5, 5.41) is 0.400. The molecule has 4 nitrogen and oxygen atoms in total. The second kappa shape index (κ2) is 4.88. The lowest BCUT2D eigenvalue weighted by atomic mass is 10.1. The lowest BCUT2D eigenvalue weighted by molar-refractivity contribution is 0.0110. The van der Waals surface area contributed by atoms with Gasteiger partial charge in [-0.15, -0.1) is 0 Å². The van der Waals surface area contributed by atoms with Gasteiger partial charge in [-0.1, -0.05) is 11.6 Å². The Morgan fingerprint density at radius 2 is 2.00 bits per heavy atom. The van der Waals surface area contributed by atoms with Crippen LogP contribution >= 0.6 is 11.6 Å². The molecule has 1 aromatic rings. The Morgan fingerprint density at radius 3 is 2.53 bits per heavy atom. The molecule has 0 aliphatic heterocycles. The van der Waals surface area contributed by atoms with Crippen LogP contribution in [-0.4, -0.2) is 24.2 Å². The van der Waals surface area contributed by atoms with E-state index < -0.39 is 5.60 Å². The summed E-state index contributed by atoms with van der Waals surface area (Å²) in [4.78, 5) is 8.45. The van der Waals surface area contributed by atoms with Gasteiger partial charge in [-0.25, -0.2) is 9.97 Å². The number of hydrogen-bond donors (Lipinski definition) is 0. The van der Waals surface area contributed by atoms with Gasteiger partial charge in [0.1, 0.15) is 10.8 Å². The average Bonchev–Trinajstić information content (AvgIpc) is 2.17. The predicted molar refractivity (Wildman–Crippen MR) is 57.8 cm³/mol. The first-order valence-electron chi connectivity index (χ1n) is 4.57. The zero-order valence-electron chi connectivity index (χ0n) is 9.37. The van der Waals surface area contributed by atoms with Crippen LogP contribution in [0, 0.1) is 0 Å². The zero-order valence-corrected chi connectivity index (χ0v) is 10.1. The highest BCUT2D eigenvalue weighted by atomic mass is 35.5. The maximum atomic E-state index is 5.89. The van der Waals surface area contributed by atoms with Crippen molar-refractivity contribution < 1.29 is 9.47 Å². The van der Waals surface area contributed by atoms with Crippen molar-refractivity contribution in [1.82, 2.24) is 9.97 Å². The molecular formula is C10H15ClN2O2. The van der Waals surface area contributed by atoms with E-state index >= 15 is 0 Å². The van der Waals surface area contributed by atoms with Crippen LogP contribution in [0.2, 0.25) is 5.15 Å². The fourth-order valence-electron chi connectivity index (χ4n) is 1.05. The van der Waals surface area contributed by atoms with Gasteiger partial charge in [-0.3, -0.25) is 0 Å². The molecule has 15 heavy (non-hydrogen) atoms. The largest absolute Gasteiger partial charge is 0.378 e. The molecule has 0 saturated carbocycles.